The average molecular weight is 148 g/mol. The highest BCUT2D eigenvalue weighted by atomic mass is 16.5. The molecule has 0 aromatic carbocycles. The van der Waals surface area contributed by atoms with Gasteiger partial charge in [0.1, 0.15) is 0 Å². The third-order valence-electron chi connectivity index (χ3n) is 6.10. The molecule has 0 radical (unpaired) electrons. The van der Waals surface area contributed by atoms with Gasteiger partial charge in [-0.1, -0.05) is 6.92 Å². The second-order valence-corrected chi connectivity index (χ2v) is 5.59. The van der Waals surface area contributed by atoms with Gasteiger partial charge >= 0.3 is 0 Å². The Hall–Kier alpha value is -0.0400. The van der Waals surface area contributed by atoms with E-state index in [9.17, 15) is 0 Å². The van der Waals surface area contributed by atoms with Crippen LogP contribution in [0.15, 0.2) is 0 Å². The van der Waals surface area contributed by atoms with Crippen LogP contribution in [0.1, 0.15) is 19.8 Å². The SMILES string of the molecule is CC12C3OCC4CC5CC51C432. The summed E-state index contributed by atoms with van der Waals surface area (Å²) in [6.07, 6.45) is 3.82. The molecule has 5 aliphatic rings. The molecule has 0 amide bonds. The van der Waals surface area contributed by atoms with E-state index in [-0.39, 0.29) is 0 Å². The van der Waals surface area contributed by atoms with Gasteiger partial charge in [-0.3, -0.25) is 0 Å². The maximum atomic E-state index is 5.81. The summed E-state index contributed by atoms with van der Waals surface area (Å²) < 4.78 is 5.81. The van der Waals surface area contributed by atoms with E-state index >= 15 is 0 Å². The van der Waals surface area contributed by atoms with Crippen LogP contribution in [-0.2, 0) is 4.74 Å². The molecule has 5 rings (SSSR count). The number of hydrogen-bond donors (Lipinski definition) is 0. The Labute approximate surface area is 66.1 Å². The minimum Gasteiger partial charge on any atom is -0.377 e. The molecule has 5 fully saturated rings. The molecular formula is C10H12O. The smallest absolute Gasteiger partial charge is 0.0712 e. The van der Waals surface area contributed by atoms with Crippen molar-refractivity contribution < 1.29 is 4.74 Å². The van der Waals surface area contributed by atoms with Crippen molar-refractivity contribution in [3.05, 3.63) is 0 Å². The highest BCUT2D eigenvalue weighted by molar-refractivity contribution is 5.60. The summed E-state index contributed by atoms with van der Waals surface area (Å²) in [6, 6.07) is 0. The molecule has 1 heterocycles. The third-order valence-corrected chi connectivity index (χ3v) is 6.10. The summed E-state index contributed by atoms with van der Waals surface area (Å²) in [6.45, 7) is 3.60. The van der Waals surface area contributed by atoms with Crippen molar-refractivity contribution in [2.24, 2.45) is 28.1 Å². The van der Waals surface area contributed by atoms with Crippen LogP contribution in [-0.4, -0.2) is 12.7 Å². The monoisotopic (exact) mass is 148 g/mol. The van der Waals surface area contributed by atoms with Gasteiger partial charge < -0.3 is 4.74 Å². The minimum absolute atomic E-state index is 0.714. The maximum Gasteiger partial charge on any atom is 0.0712 e. The van der Waals surface area contributed by atoms with Gasteiger partial charge in [0.25, 0.3) is 0 Å². The standard InChI is InChI=1S/C10H12O/c1-8-7-10(8)6(4-11-7)2-5-3-9(5,8)10/h5-7H,2-4H2,1H3. The molecule has 1 aliphatic heterocycles. The Morgan fingerprint density at radius 2 is 2.27 bits per heavy atom. The first-order chi connectivity index (χ1) is 5.30. The molecule has 1 nitrogen and oxygen atoms in total. The first kappa shape index (κ1) is 4.86. The lowest BCUT2D eigenvalue weighted by Gasteiger charge is -2.13. The van der Waals surface area contributed by atoms with Crippen LogP contribution in [0.2, 0.25) is 0 Å². The van der Waals surface area contributed by atoms with E-state index < -0.39 is 0 Å². The third kappa shape index (κ3) is 0.182. The molecule has 58 valence electrons. The predicted octanol–water partition coefficient (Wildman–Crippen LogP) is 1.43. The van der Waals surface area contributed by atoms with E-state index in [2.05, 4.69) is 6.92 Å². The molecule has 2 spiro atoms. The Balaban J connectivity index is 1.87. The van der Waals surface area contributed by atoms with Crippen molar-refractivity contribution in [2.75, 3.05) is 6.61 Å². The van der Waals surface area contributed by atoms with E-state index in [4.69, 9.17) is 4.74 Å². The molecule has 4 saturated carbocycles. The molecule has 6 unspecified atom stereocenters. The van der Waals surface area contributed by atoms with E-state index in [1.165, 1.54) is 6.42 Å². The average Bonchev–Trinajstić information content (AvgIpc) is 2.81. The maximum absolute atomic E-state index is 5.81. The van der Waals surface area contributed by atoms with Gasteiger partial charge in [-0.25, -0.2) is 0 Å². The summed E-state index contributed by atoms with van der Waals surface area (Å²) >= 11 is 0. The molecule has 0 aromatic heterocycles. The van der Waals surface area contributed by atoms with Crippen LogP contribution in [0, 0.1) is 28.1 Å². The summed E-state index contributed by atoms with van der Waals surface area (Å²) in [4.78, 5) is 0. The van der Waals surface area contributed by atoms with Crippen LogP contribution in [0.3, 0.4) is 0 Å². The Bertz CT molecular complexity index is 306. The number of ether oxygens (including phenoxy) is 1. The fourth-order valence-corrected chi connectivity index (χ4v) is 5.91. The summed E-state index contributed by atoms with van der Waals surface area (Å²) in [5, 5.41) is 0. The van der Waals surface area contributed by atoms with Crippen molar-refractivity contribution in [3.8, 4) is 0 Å². The Morgan fingerprint density at radius 3 is 3.00 bits per heavy atom. The zero-order chi connectivity index (χ0) is 7.06. The van der Waals surface area contributed by atoms with E-state index in [1.807, 2.05) is 0 Å². The second-order valence-electron chi connectivity index (χ2n) is 5.59. The zero-order valence-electron chi connectivity index (χ0n) is 6.76. The van der Waals surface area contributed by atoms with Crippen molar-refractivity contribution in [1.29, 1.82) is 0 Å². The van der Waals surface area contributed by atoms with Crippen LogP contribution in [0.5, 0.6) is 0 Å². The molecule has 11 heavy (non-hydrogen) atoms. The zero-order valence-corrected chi connectivity index (χ0v) is 6.76. The molecule has 0 bridgehead atoms. The molecule has 1 saturated heterocycles. The first-order valence-electron chi connectivity index (χ1n) is 4.92. The number of rotatable bonds is 0. The van der Waals surface area contributed by atoms with E-state index in [0.29, 0.717) is 5.41 Å². The van der Waals surface area contributed by atoms with Crippen molar-refractivity contribution in [2.45, 2.75) is 25.9 Å². The lowest BCUT2D eigenvalue weighted by molar-refractivity contribution is 0.0697. The van der Waals surface area contributed by atoms with Crippen molar-refractivity contribution in [1.82, 2.24) is 0 Å². The normalized spacial score (nSPS) is 90.8. The largest absolute Gasteiger partial charge is 0.377 e. The van der Waals surface area contributed by atoms with Crippen LogP contribution < -0.4 is 0 Å². The molecule has 1 heteroatoms. The molecule has 0 aromatic rings. The fourth-order valence-electron chi connectivity index (χ4n) is 5.91. The molecule has 4 aliphatic carbocycles. The fraction of sp³-hybridized carbons (Fsp3) is 1.00. The van der Waals surface area contributed by atoms with Crippen LogP contribution >= 0.6 is 0 Å². The van der Waals surface area contributed by atoms with Gasteiger partial charge in [-0.2, -0.15) is 0 Å². The summed E-state index contributed by atoms with van der Waals surface area (Å²) in [7, 11) is 0. The van der Waals surface area contributed by atoms with E-state index in [1.54, 1.807) is 6.42 Å². The van der Waals surface area contributed by atoms with Crippen LogP contribution in [0.4, 0.5) is 0 Å². The van der Waals surface area contributed by atoms with E-state index in [0.717, 1.165) is 35.4 Å². The van der Waals surface area contributed by atoms with Gasteiger partial charge in [0.05, 0.1) is 12.7 Å². The second kappa shape index (κ2) is 0.834. The van der Waals surface area contributed by atoms with Gasteiger partial charge in [-0.05, 0) is 30.1 Å². The minimum atomic E-state index is 0.714. The van der Waals surface area contributed by atoms with Crippen LogP contribution in [0.25, 0.3) is 0 Å². The van der Waals surface area contributed by atoms with Gasteiger partial charge in [-0.15, -0.1) is 0 Å². The van der Waals surface area contributed by atoms with Gasteiger partial charge in [0, 0.05) is 10.8 Å². The van der Waals surface area contributed by atoms with Gasteiger partial charge in [0.2, 0.25) is 0 Å². The molecule has 0 N–H and O–H groups in total. The Kier molecular flexibility index (Phi) is 0.368. The topological polar surface area (TPSA) is 9.23 Å². The van der Waals surface area contributed by atoms with Gasteiger partial charge in [0.15, 0.2) is 0 Å². The Morgan fingerprint density at radius 1 is 1.36 bits per heavy atom. The lowest BCUT2D eigenvalue weighted by Crippen LogP contribution is -2.15. The molecular weight excluding hydrogens is 136 g/mol. The van der Waals surface area contributed by atoms with Crippen molar-refractivity contribution >= 4 is 0 Å². The first-order valence-corrected chi connectivity index (χ1v) is 4.92. The van der Waals surface area contributed by atoms with Crippen molar-refractivity contribution in [3.63, 3.8) is 0 Å². The number of hydrogen-bond acceptors (Lipinski definition) is 1. The predicted molar refractivity (Wildman–Crippen MR) is 38.9 cm³/mol. The quantitative estimate of drug-likeness (QED) is 0.505. The number of fused-ring (bicyclic) bond motifs is 1. The summed E-state index contributed by atoms with van der Waals surface area (Å²) in [5.74, 6) is 2.15. The highest BCUT2D eigenvalue weighted by Crippen LogP contribution is 3.13. The molecule has 6 atom stereocenters. The highest BCUT2D eigenvalue weighted by Gasteiger charge is 3.14. The lowest BCUT2D eigenvalue weighted by atomic mass is 9.95. The summed E-state index contributed by atoms with van der Waals surface area (Å²) in [5.41, 5.74) is 2.38.